The number of imide groups is 2. The van der Waals surface area contributed by atoms with E-state index in [1.807, 2.05) is 4.90 Å². The van der Waals surface area contributed by atoms with Gasteiger partial charge in [0.2, 0.25) is 11.8 Å². The first-order valence-electron chi connectivity index (χ1n) is 18.7. The second kappa shape index (κ2) is 17.8. The monoisotopic (exact) mass is 804 g/mol. The van der Waals surface area contributed by atoms with Crippen LogP contribution >= 0.6 is 0 Å². The van der Waals surface area contributed by atoms with E-state index in [0.717, 1.165) is 49.7 Å². The summed E-state index contributed by atoms with van der Waals surface area (Å²) in [7, 11) is -3.38. The summed E-state index contributed by atoms with van der Waals surface area (Å²) >= 11 is 0. The van der Waals surface area contributed by atoms with Gasteiger partial charge in [-0.1, -0.05) is 19.3 Å². The Morgan fingerprint density at radius 3 is 2.39 bits per heavy atom. The lowest BCUT2D eigenvalue weighted by molar-refractivity contribution is -0.136. The molecular weight excluding hydrogens is 761 g/mol. The molecule has 6 rings (SSSR count). The lowest BCUT2D eigenvalue weighted by Crippen LogP contribution is -2.54. The van der Waals surface area contributed by atoms with Gasteiger partial charge in [-0.2, -0.15) is 0 Å². The summed E-state index contributed by atoms with van der Waals surface area (Å²) in [5, 5.41) is 8.10. The van der Waals surface area contributed by atoms with Gasteiger partial charge in [-0.15, -0.1) is 0 Å². The molecule has 4 heterocycles. The molecule has 18 nitrogen and oxygen atoms in total. The molecule has 2 atom stereocenters. The Kier molecular flexibility index (Phi) is 12.7. The van der Waals surface area contributed by atoms with Crippen molar-refractivity contribution in [3.63, 3.8) is 0 Å². The molecule has 0 spiro atoms. The van der Waals surface area contributed by atoms with E-state index in [1.165, 1.54) is 30.5 Å². The number of primary amides is 1. The number of nitrogens with one attached hydrogen (secondary N) is 3. The fraction of sp³-hybridized carbons (Fsp3) is 0.421. The number of sulfone groups is 1. The quantitative estimate of drug-likeness (QED) is 0.120. The van der Waals surface area contributed by atoms with Crippen LogP contribution in [0.4, 0.5) is 22.1 Å². The SMILES string of the molecule is CS(=O)(=O)c1ccc(Nc2nc(N3CCC[C@@H](NC(=O)OCCCCCCCOc4ccc5c(c4)C(=O)N(C4CCC(=O)NC4=O)C5=O)C3)cnc2C(N)=O)cc1. The Hall–Kier alpha value is -6.11. The van der Waals surface area contributed by atoms with Gasteiger partial charge in [0.1, 0.15) is 17.6 Å². The van der Waals surface area contributed by atoms with Gasteiger partial charge in [0.15, 0.2) is 21.3 Å². The third-order valence-corrected chi connectivity index (χ3v) is 10.9. The number of hydrogen-bond acceptors (Lipinski definition) is 14. The number of piperidine rings is 2. The van der Waals surface area contributed by atoms with Crippen LogP contribution in [0.3, 0.4) is 0 Å². The smallest absolute Gasteiger partial charge is 0.407 e. The van der Waals surface area contributed by atoms with Crippen molar-refractivity contribution in [3.05, 3.63) is 65.5 Å². The number of unbranched alkanes of at least 4 members (excludes halogenated alkanes) is 4. The molecule has 1 unspecified atom stereocenters. The van der Waals surface area contributed by atoms with E-state index >= 15 is 0 Å². The summed E-state index contributed by atoms with van der Waals surface area (Å²) in [6.07, 6.45) is 7.71. The topological polar surface area (TPSA) is 249 Å². The highest BCUT2D eigenvalue weighted by Gasteiger charge is 2.44. The van der Waals surface area contributed by atoms with Gasteiger partial charge in [-0.3, -0.25) is 34.2 Å². The molecule has 3 aliphatic heterocycles. The van der Waals surface area contributed by atoms with Gasteiger partial charge in [-0.25, -0.2) is 23.2 Å². The maximum Gasteiger partial charge on any atom is 0.407 e. The minimum Gasteiger partial charge on any atom is -0.494 e. The van der Waals surface area contributed by atoms with E-state index in [1.54, 1.807) is 18.2 Å². The number of hydrogen-bond donors (Lipinski definition) is 4. The van der Waals surface area contributed by atoms with E-state index in [0.29, 0.717) is 43.4 Å². The van der Waals surface area contributed by atoms with Crippen molar-refractivity contribution in [2.45, 2.75) is 74.8 Å². The van der Waals surface area contributed by atoms with Crippen LogP contribution in [0.1, 0.15) is 89.0 Å². The molecule has 3 aromatic rings. The van der Waals surface area contributed by atoms with E-state index < -0.39 is 51.5 Å². The van der Waals surface area contributed by atoms with E-state index in [4.69, 9.17) is 15.2 Å². The zero-order valence-electron chi connectivity index (χ0n) is 31.3. The number of amides is 6. The number of nitrogens with zero attached hydrogens (tertiary/aromatic N) is 4. The van der Waals surface area contributed by atoms with Crippen molar-refractivity contribution in [1.82, 2.24) is 25.5 Å². The van der Waals surface area contributed by atoms with Crippen LogP contribution in [-0.4, -0.2) is 104 Å². The highest BCUT2D eigenvalue weighted by molar-refractivity contribution is 7.90. The predicted molar refractivity (Wildman–Crippen MR) is 205 cm³/mol. The largest absolute Gasteiger partial charge is 0.494 e. The summed E-state index contributed by atoms with van der Waals surface area (Å²) < 4.78 is 34.9. The van der Waals surface area contributed by atoms with Crippen LogP contribution in [-0.2, 0) is 24.2 Å². The van der Waals surface area contributed by atoms with Crippen molar-refractivity contribution in [3.8, 4) is 5.75 Å². The van der Waals surface area contributed by atoms with Crippen molar-refractivity contribution in [2.75, 3.05) is 42.8 Å². The lowest BCUT2D eigenvalue weighted by atomic mass is 10.0. The molecule has 2 saturated heterocycles. The summed E-state index contributed by atoms with van der Waals surface area (Å²) in [6.45, 7) is 1.74. The summed E-state index contributed by atoms with van der Waals surface area (Å²) in [6, 6.07) is 9.38. The Balaban J connectivity index is 0.878. The van der Waals surface area contributed by atoms with Crippen LogP contribution in [0.25, 0.3) is 0 Å². The number of anilines is 3. The molecule has 0 radical (unpaired) electrons. The minimum absolute atomic E-state index is 0.0511. The minimum atomic E-state index is -3.38. The molecule has 19 heteroatoms. The molecule has 2 fully saturated rings. The van der Waals surface area contributed by atoms with Gasteiger partial charge < -0.3 is 30.7 Å². The first-order chi connectivity index (χ1) is 27.3. The molecule has 2 aromatic carbocycles. The zero-order valence-corrected chi connectivity index (χ0v) is 32.1. The van der Waals surface area contributed by atoms with E-state index in [-0.39, 0.29) is 53.0 Å². The number of alkyl carbamates (subject to hydrolysis) is 1. The van der Waals surface area contributed by atoms with Crippen molar-refractivity contribution in [2.24, 2.45) is 5.73 Å². The van der Waals surface area contributed by atoms with Gasteiger partial charge in [0, 0.05) is 37.5 Å². The summed E-state index contributed by atoms with van der Waals surface area (Å²) in [5.74, 6) is -2.00. The Labute approximate surface area is 328 Å². The van der Waals surface area contributed by atoms with Crippen LogP contribution < -0.4 is 31.3 Å². The zero-order chi connectivity index (χ0) is 40.7. The predicted octanol–water partition coefficient (Wildman–Crippen LogP) is 2.85. The van der Waals surface area contributed by atoms with E-state index in [9.17, 15) is 37.2 Å². The number of nitrogens with two attached hydrogens (primary N) is 1. The first kappa shape index (κ1) is 40.6. The van der Waals surface area contributed by atoms with Gasteiger partial charge in [0.25, 0.3) is 17.7 Å². The van der Waals surface area contributed by atoms with Gasteiger partial charge in [0.05, 0.1) is 35.4 Å². The Bertz CT molecular complexity index is 2160. The number of benzene rings is 2. The number of carbonyl (C=O) groups is 6. The van der Waals surface area contributed by atoms with Crippen LogP contribution in [0, 0.1) is 0 Å². The van der Waals surface area contributed by atoms with Crippen molar-refractivity contribution < 1.29 is 46.7 Å². The molecular formula is C38H44N8O10S. The number of aromatic nitrogens is 2. The average Bonchev–Trinajstić information content (AvgIpc) is 3.41. The first-order valence-corrected chi connectivity index (χ1v) is 20.6. The lowest BCUT2D eigenvalue weighted by Gasteiger charge is -2.33. The fourth-order valence-corrected chi connectivity index (χ4v) is 7.49. The van der Waals surface area contributed by atoms with E-state index in [2.05, 4.69) is 25.9 Å². The summed E-state index contributed by atoms with van der Waals surface area (Å²) in [4.78, 5) is 86.2. The third-order valence-electron chi connectivity index (χ3n) is 9.81. The van der Waals surface area contributed by atoms with Gasteiger partial charge >= 0.3 is 6.09 Å². The summed E-state index contributed by atoms with van der Waals surface area (Å²) in [5.41, 5.74) is 6.30. The number of rotatable bonds is 16. The average molecular weight is 805 g/mol. The molecule has 57 heavy (non-hydrogen) atoms. The molecule has 3 aliphatic rings. The van der Waals surface area contributed by atoms with Crippen LogP contribution in [0.5, 0.6) is 5.75 Å². The van der Waals surface area contributed by atoms with Crippen LogP contribution in [0.2, 0.25) is 0 Å². The van der Waals surface area contributed by atoms with Crippen molar-refractivity contribution >= 4 is 62.8 Å². The van der Waals surface area contributed by atoms with Crippen LogP contribution in [0.15, 0.2) is 53.6 Å². The second-order valence-corrected chi connectivity index (χ2v) is 16.1. The maximum absolute atomic E-state index is 13.0. The standard InChI is InChI=1S/C38H44N8O10S/c1-57(53,54)26-12-9-23(10-13-26)41-34-32(33(39)48)40-21-30(43-34)45-17-7-8-24(22-45)42-38(52)56-19-6-4-2-3-5-18-55-25-11-14-27-28(20-25)37(51)46(36(27)50)29-15-16-31(47)44-35(29)49/h9-14,20-21,24,29H,2-8,15-19,22H2,1H3,(H2,39,48)(H,41,43)(H,42,52)(H,44,47,49)/t24-,29?/m1/s1. The van der Waals surface area contributed by atoms with Gasteiger partial charge in [-0.05, 0) is 74.6 Å². The Morgan fingerprint density at radius 1 is 0.947 bits per heavy atom. The molecule has 5 N–H and O–H groups in total. The number of fused-ring (bicyclic) bond motifs is 1. The Morgan fingerprint density at radius 2 is 1.67 bits per heavy atom. The number of ether oxygens (including phenoxy) is 2. The molecule has 0 aliphatic carbocycles. The molecule has 1 aromatic heterocycles. The van der Waals surface area contributed by atoms with Crippen molar-refractivity contribution in [1.29, 1.82) is 0 Å². The molecule has 0 bridgehead atoms. The second-order valence-electron chi connectivity index (χ2n) is 14.0. The normalized spacial score (nSPS) is 18.2. The molecule has 0 saturated carbocycles. The third kappa shape index (κ3) is 10.0. The maximum atomic E-state index is 13.0. The number of carbonyl (C=O) groups excluding carboxylic acids is 6. The highest BCUT2D eigenvalue weighted by Crippen LogP contribution is 2.30. The fourth-order valence-electron chi connectivity index (χ4n) is 6.86. The molecule has 6 amide bonds. The molecule has 302 valence electrons. The highest BCUT2D eigenvalue weighted by atomic mass is 32.2.